The molecule has 27 heavy (non-hydrogen) atoms. The fraction of sp³-hybridized carbons (Fsp3) is 0.278. The van der Waals surface area contributed by atoms with Crippen LogP contribution < -0.4 is 5.32 Å². The minimum Gasteiger partial charge on any atom is -0.325 e. The molecule has 1 saturated heterocycles. The second kappa shape index (κ2) is 8.35. The molecule has 1 N–H and O–H groups in total. The van der Waals surface area contributed by atoms with Crippen molar-refractivity contribution in [1.82, 2.24) is 9.21 Å². The van der Waals surface area contributed by atoms with Crippen LogP contribution in [0.4, 0.5) is 10.1 Å². The van der Waals surface area contributed by atoms with Gasteiger partial charge in [-0.15, -0.1) is 0 Å². The van der Waals surface area contributed by atoms with Gasteiger partial charge in [-0.1, -0.05) is 11.6 Å². The molecule has 2 aromatic rings. The van der Waals surface area contributed by atoms with Crippen molar-refractivity contribution >= 4 is 33.2 Å². The Kier molecular flexibility index (Phi) is 6.11. The lowest BCUT2D eigenvalue weighted by Crippen LogP contribution is -2.50. The zero-order valence-electron chi connectivity index (χ0n) is 14.4. The predicted molar refractivity (Wildman–Crippen MR) is 102 cm³/mol. The summed E-state index contributed by atoms with van der Waals surface area (Å²) in [7, 11) is -3.66. The number of anilines is 1. The van der Waals surface area contributed by atoms with Crippen molar-refractivity contribution in [2.45, 2.75) is 4.90 Å². The molecule has 0 bridgehead atoms. The number of nitrogens with one attached hydrogen (secondary N) is 1. The van der Waals surface area contributed by atoms with Crippen LogP contribution in [0.1, 0.15) is 0 Å². The molecule has 0 saturated carbocycles. The second-order valence-corrected chi connectivity index (χ2v) is 8.56. The Hall–Kier alpha value is -2.00. The Morgan fingerprint density at radius 1 is 1.00 bits per heavy atom. The van der Waals surface area contributed by atoms with Crippen molar-refractivity contribution in [2.75, 3.05) is 38.0 Å². The molecule has 3 rings (SSSR count). The highest BCUT2D eigenvalue weighted by Crippen LogP contribution is 2.18. The van der Waals surface area contributed by atoms with Gasteiger partial charge in [-0.3, -0.25) is 9.69 Å². The van der Waals surface area contributed by atoms with E-state index in [2.05, 4.69) is 5.32 Å². The molecule has 0 radical (unpaired) electrons. The molecule has 144 valence electrons. The van der Waals surface area contributed by atoms with Gasteiger partial charge < -0.3 is 5.32 Å². The summed E-state index contributed by atoms with van der Waals surface area (Å²) in [5.74, 6) is -0.655. The van der Waals surface area contributed by atoms with Crippen LogP contribution in [0.15, 0.2) is 53.4 Å². The first-order chi connectivity index (χ1) is 12.8. The molecular weight excluding hydrogens is 393 g/mol. The zero-order valence-corrected chi connectivity index (χ0v) is 16.0. The molecule has 1 aliphatic rings. The van der Waals surface area contributed by atoms with E-state index in [0.717, 1.165) is 12.1 Å². The lowest BCUT2D eigenvalue weighted by atomic mass is 10.3. The number of amides is 1. The van der Waals surface area contributed by atoms with Gasteiger partial charge in [0.2, 0.25) is 15.9 Å². The van der Waals surface area contributed by atoms with E-state index in [4.69, 9.17) is 11.6 Å². The summed E-state index contributed by atoms with van der Waals surface area (Å²) in [5.41, 5.74) is 0.655. The monoisotopic (exact) mass is 411 g/mol. The Morgan fingerprint density at radius 2 is 1.59 bits per heavy atom. The molecule has 1 amide bonds. The van der Waals surface area contributed by atoms with E-state index in [1.165, 1.54) is 16.4 Å². The number of carbonyl (C=O) groups excluding carboxylic acids is 1. The second-order valence-electron chi connectivity index (χ2n) is 6.19. The predicted octanol–water partition coefficient (Wildman–Crippen LogP) is 2.42. The number of piperazine rings is 1. The maximum Gasteiger partial charge on any atom is 0.243 e. The highest BCUT2D eigenvalue weighted by molar-refractivity contribution is 7.89. The molecule has 1 fully saturated rings. The van der Waals surface area contributed by atoms with E-state index in [-0.39, 0.29) is 30.4 Å². The number of hydrogen-bond acceptors (Lipinski definition) is 4. The number of rotatable bonds is 5. The lowest BCUT2D eigenvalue weighted by Gasteiger charge is -2.33. The number of halogens is 2. The first-order valence-electron chi connectivity index (χ1n) is 8.38. The van der Waals surface area contributed by atoms with Gasteiger partial charge in [0.25, 0.3) is 0 Å². The van der Waals surface area contributed by atoms with Gasteiger partial charge in [0.05, 0.1) is 11.4 Å². The van der Waals surface area contributed by atoms with Crippen molar-refractivity contribution in [2.24, 2.45) is 0 Å². The number of sulfonamides is 1. The van der Waals surface area contributed by atoms with Crippen LogP contribution in [-0.4, -0.2) is 56.3 Å². The average molecular weight is 412 g/mol. The summed E-state index contributed by atoms with van der Waals surface area (Å²) in [5, 5.41) is 3.37. The van der Waals surface area contributed by atoms with Crippen LogP contribution in [0.2, 0.25) is 5.02 Å². The molecule has 0 spiro atoms. The highest BCUT2D eigenvalue weighted by Gasteiger charge is 2.29. The quantitative estimate of drug-likeness (QED) is 0.820. The van der Waals surface area contributed by atoms with E-state index >= 15 is 0 Å². The summed E-state index contributed by atoms with van der Waals surface area (Å²) < 4.78 is 39.5. The van der Waals surface area contributed by atoms with Gasteiger partial charge in [-0.05, 0) is 48.5 Å². The minimum absolute atomic E-state index is 0.0674. The van der Waals surface area contributed by atoms with Gasteiger partial charge in [-0.25, -0.2) is 12.8 Å². The fourth-order valence-corrected chi connectivity index (χ4v) is 4.37. The highest BCUT2D eigenvalue weighted by atomic mass is 35.5. The van der Waals surface area contributed by atoms with Crippen molar-refractivity contribution in [3.05, 3.63) is 59.4 Å². The molecule has 6 nitrogen and oxygen atoms in total. The third-order valence-corrected chi connectivity index (χ3v) is 6.44. The van der Waals surface area contributed by atoms with Crippen LogP contribution in [0.5, 0.6) is 0 Å². The first-order valence-corrected chi connectivity index (χ1v) is 10.2. The van der Waals surface area contributed by atoms with Crippen molar-refractivity contribution in [3.63, 3.8) is 0 Å². The first kappa shape index (κ1) is 19.8. The molecule has 1 aliphatic heterocycles. The maximum absolute atomic E-state index is 13.0. The SMILES string of the molecule is O=C(CN1CCN(S(=O)(=O)c2ccc(F)cc2)CC1)Nc1ccc(Cl)cc1. The summed E-state index contributed by atoms with van der Waals surface area (Å²) in [6.07, 6.45) is 0. The van der Waals surface area contributed by atoms with Crippen LogP contribution in [-0.2, 0) is 14.8 Å². The third kappa shape index (κ3) is 5.04. The molecule has 2 aromatic carbocycles. The van der Waals surface area contributed by atoms with Crippen LogP contribution in [0.25, 0.3) is 0 Å². The van der Waals surface area contributed by atoms with Crippen molar-refractivity contribution in [1.29, 1.82) is 0 Å². The largest absolute Gasteiger partial charge is 0.325 e. The molecular formula is C18H19ClFN3O3S. The summed E-state index contributed by atoms with van der Waals surface area (Å²) in [6.45, 7) is 1.60. The Labute approximate surface area is 162 Å². The number of hydrogen-bond donors (Lipinski definition) is 1. The number of carbonyl (C=O) groups is 1. The zero-order chi connectivity index (χ0) is 19.4. The molecule has 1 heterocycles. The molecule has 9 heteroatoms. The van der Waals surface area contributed by atoms with E-state index in [1.807, 2.05) is 4.90 Å². The summed E-state index contributed by atoms with van der Waals surface area (Å²) >= 11 is 5.81. The van der Waals surface area contributed by atoms with Crippen molar-refractivity contribution < 1.29 is 17.6 Å². The van der Waals surface area contributed by atoms with Crippen LogP contribution >= 0.6 is 11.6 Å². The van der Waals surface area contributed by atoms with E-state index in [0.29, 0.717) is 23.8 Å². The Bertz CT molecular complexity index is 896. The van der Waals surface area contributed by atoms with Gasteiger partial charge in [0, 0.05) is 36.9 Å². The smallest absolute Gasteiger partial charge is 0.243 e. The van der Waals surface area contributed by atoms with Crippen LogP contribution in [0, 0.1) is 5.82 Å². The maximum atomic E-state index is 13.0. The summed E-state index contributed by atoms with van der Waals surface area (Å²) in [6, 6.07) is 11.6. The fourth-order valence-electron chi connectivity index (χ4n) is 2.82. The van der Waals surface area contributed by atoms with E-state index in [1.54, 1.807) is 24.3 Å². The third-order valence-electron chi connectivity index (χ3n) is 4.28. The lowest BCUT2D eigenvalue weighted by molar-refractivity contribution is -0.117. The van der Waals surface area contributed by atoms with E-state index in [9.17, 15) is 17.6 Å². The molecule has 0 unspecified atom stereocenters. The van der Waals surface area contributed by atoms with E-state index < -0.39 is 15.8 Å². The van der Waals surface area contributed by atoms with Gasteiger partial charge in [-0.2, -0.15) is 4.31 Å². The molecule has 0 aliphatic carbocycles. The summed E-state index contributed by atoms with van der Waals surface area (Å²) in [4.78, 5) is 14.1. The topological polar surface area (TPSA) is 69.7 Å². The normalized spacial score (nSPS) is 16.2. The standard InChI is InChI=1S/C18H19ClFN3O3S/c19-14-1-5-16(6-2-14)21-18(24)13-22-9-11-23(12-10-22)27(25,26)17-7-3-15(20)4-8-17/h1-8H,9-13H2,(H,21,24). The van der Waals surface area contributed by atoms with Gasteiger partial charge in [0.1, 0.15) is 5.82 Å². The van der Waals surface area contributed by atoms with Crippen molar-refractivity contribution in [3.8, 4) is 0 Å². The van der Waals surface area contributed by atoms with Crippen LogP contribution in [0.3, 0.4) is 0 Å². The Morgan fingerprint density at radius 3 is 2.19 bits per heavy atom. The number of nitrogens with zero attached hydrogens (tertiary/aromatic N) is 2. The average Bonchev–Trinajstić information content (AvgIpc) is 2.64. The molecule has 0 aromatic heterocycles. The minimum atomic E-state index is -3.66. The van der Waals surface area contributed by atoms with Gasteiger partial charge in [0.15, 0.2) is 0 Å². The Balaban J connectivity index is 1.53. The molecule has 0 atom stereocenters. The van der Waals surface area contributed by atoms with Gasteiger partial charge >= 0.3 is 0 Å². The number of benzene rings is 2.